The lowest BCUT2D eigenvalue weighted by atomic mass is 10.0. The molecular weight excluding hydrogens is 498 g/mol. The van der Waals surface area contributed by atoms with Crippen molar-refractivity contribution in [3.63, 3.8) is 0 Å². The van der Waals surface area contributed by atoms with E-state index in [2.05, 4.69) is 10.1 Å². The molecule has 0 bridgehead atoms. The van der Waals surface area contributed by atoms with Gasteiger partial charge in [0.1, 0.15) is 17.3 Å². The summed E-state index contributed by atoms with van der Waals surface area (Å²) in [6, 6.07) is 27.5. The minimum atomic E-state index is -3.91. The van der Waals surface area contributed by atoms with E-state index in [9.17, 15) is 8.42 Å². The first-order valence-electron chi connectivity index (χ1n) is 12.0. The van der Waals surface area contributed by atoms with Gasteiger partial charge in [0.2, 0.25) is 0 Å². The number of nitrogens with zero attached hydrogens (tertiary/aromatic N) is 3. The van der Waals surface area contributed by atoms with Crippen LogP contribution in [0.2, 0.25) is 0 Å². The molecule has 0 aliphatic carbocycles. The first-order valence-corrected chi connectivity index (χ1v) is 13.4. The fourth-order valence-corrected chi connectivity index (χ4v) is 5.94. The first-order chi connectivity index (χ1) is 18.4. The molecule has 0 unspecified atom stereocenters. The van der Waals surface area contributed by atoms with E-state index in [1.807, 2.05) is 74.5 Å². The number of aryl methyl sites for hydroxylation is 2. The van der Waals surface area contributed by atoms with Gasteiger partial charge in [-0.25, -0.2) is 17.4 Å². The summed E-state index contributed by atoms with van der Waals surface area (Å²) in [5, 5.41) is 4.75. The summed E-state index contributed by atoms with van der Waals surface area (Å²) in [4.78, 5) is 4.84. The minimum Gasteiger partial charge on any atom is -0.457 e. The van der Waals surface area contributed by atoms with Crippen molar-refractivity contribution in [3.8, 4) is 33.8 Å². The van der Waals surface area contributed by atoms with Crippen LogP contribution >= 0.6 is 0 Å². The molecule has 6 aromatic rings. The number of pyridine rings is 1. The van der Waals surface area contributed by atoms with Gasteiger partial charge in [-0.05, 0) is 50.2 Å². The maximum atomic E-state index is 13.7. The number of rotatable bonds is 6. The highest BCUT2D eigenvalue weighted by Crippen LogP contribution is 2.39. The molecule has 0 atom stereocenters. The SMILES string of the molecule is Cc1noc(C)c1-c1cn(S(=O)(=O)c2ccccc2)c2ncc(-c3ccccc3Oc3ccccc3)cc12. The fraction of sp³-hybridized carbons (Fsp3) is 0.0667. The van der Waals surface area contributed by atoms with E-state index in [1.165, 1.54) is 3.97 Å². The van der Waals surface area contributed by atoms with Crippen molar-refractivity contribution in [3.05, 3.63) is 115 Å². The smallest absolute Gasteiger partial charge is 0.269 e. The van der Waals surface area contributed by atoms with Gasteiger partial charge in [0, 0.05) is 40.0 Å². The lowest BCUT2D eigenvalue weighted by molar-refractivity contribution is 0.393. The van der Waals surface area contributed by atoms with E-state index < -0.39 is 10.0 Å². The highest BCUT2D eigenvalue weighted by atomic mass is 32.2. The van der Waals surface area contributed by atoms with E-state index in [1.54, 1.807) is 42.7 Å². The van der Waals surface area contributed by atoms with E-state index in [0.717, 1.165) is 16.7 Å². The Balaban J connectivity index is 1.57. The molecule has 0 amide bonds. The first kappa shape index (κ1) is 23.7. The normalized spacial score (nSPS) is 11.6. The molecule has 0 radical (unpaired) electrons. The molecule has 0 spiro atoms. The summed E-state index contributed by atoms with van der Waals surface area (Å²) < 4.78 is 40.2. The average Bonchev–Trinajstić information content (AvgIpc) is 3.48. The molecule has 8 heteroatoms. The third-order valence-electron chi connectivity index (χ3n) is 6.38. The number of hydrogen-bond acceptors (Lipinski definition) is 6. The number of para-hydroxylation sites is 2. The Labute approximate surface area is 220 Å². The van der Waals surface area contributed by atoms with Gasteiger partial charge in [0.15, 0.2) is 5.65 Å². The molecule has 0 aliphatic heterocycles. The van der Waals surface area contributed by atoms with Crippen molar-refractivity contribution in [2.45, 2.75) is 18.7 Å². The summed E-state index contributed by atoms with van der Waals surface area (Å²) in [5.74, 6) is 1.97. The number of hydrogen-bond donors (Lipinski definition) is 0. The van der Waals surface area contributed by atoms with Gasteiger partial charge in [0.05, 0.1) is 10.6 Å². The Bertz CT molecular complexity index is 1860. The standard InChI is InChI=1S/C30H23N3O4S/c1-20-29(21(2)37-32-20)27-19-33(38(34,35)24-13-7-4-8-14-24)30-26(27)17-22(18-31-30)25-15-9-10-16-28(25)36-23-11-5-3-6-12-23/h3-19H,1-2H3. The molecule has 38 heavy (non-hydrogen) atoms. The Kier molecular flexibility index (Phi) is 5.81. The summed E-state index contributed by atoms with van der Waals surface area (Å²) >= 11 is 0. The monoisotopic (exact) mass is 521 g/mol. The molecule has 6 rings (SSSR count). The van der Waals surface area contributed by atoms with E-state index in [-0.39, 0.29) is 4.90 Å². The highest BCUT2D eigenvalue weighted by Gasteiger charge is 2.26. The Morgan fingerprint density at radius 3 is 2.24 bits per heavy atom. The second-order valence-electron chi connectivity index (χ2n) is 8.86. The number of aromatic nitrogens is 3. The zero-order chi connectivity index (χ0) is 26.3. The Hall–Kier alpha value is -4.69. The van der Waals surface area contributed by atoms with Crippen molar-refractivity contribution in [1.82, 2.24) is 14.1 Å². The summed E-state index contributed by atoms with van der Waals surface area (Å²) in [6.07, 6.45) is 3.27. The summed E-state index contributed by atoms with van der Waals surface area (Å²) in [5.41, 5.74) is 4.00. The molecule has 3 heterocycles. The van der Waals surface area contributed by atoms with Gasteiger partial charge in [0.25, 0.3) is 10.0 Å². The van der Waals surface area contributed by atoms with E-state index >= 15 is 0 Å². The average molecular weight is 522 g/mol. The molecular formula is C30H23N3O4S. The largest absolute Gasteiger partial charge is 0.457 e. The van der Waals surface area contributed by atoms with Crippen LogP contribution in [0.1, 0.15) is 11.5 Å². The van der Waals surface area contributed by atoms with Crippen LogP contribution in [0.4, 0.5) is 0 Å². The van der Waals surface area contributed by atoms with Crippen LogP contribution < -0.4 is 4.74 Å². The van der Waals surface area contributed by atoms with E-state index in [4.69, 9.17) is 9.26 Å². The maximum absolute atomic E-state index is 13.7. The number of fused-ring (bicyclic) bond motifs is 1. The molecule has 7 nitrogen and oxygen atoms in total. The predicted octanol–water partition coefficient (Wildman–Crippen LogP) is 7.00. The quantitative estimate of drug-likeness (QED) is 0.234. The summed E-state index contributed by atoms with van der Waals surface area (Å²) in [7, 11) is -3.91. The zero-order valence-electron chi connectivity index (χ0n) is 20.7. The van der Waals surface area contributed by atoms with Crippen molar-refractivity contribution in [2.24, 2.45) is 0 Å². The van der Waals surface area contributed by atoms with Crippen molar-refractivity contribution < 1.29 is 17.7 Å². The Morgan fingerprint density at radius 1 is 0.842 bits per heavy atom. The second kappa shape index (κ2) is 9.32. The van der Waals surface area contributed by atoms with Gasteiger partial charge in [-0.2, -0.15) is 0 Å². The molecule has 0 saturated carbocycles. The fourth-order valence-electron chi connectivity index (χ4n) is 4.59. The lowest BCUT2D eigenvalue weighted by Gasteiger charge is -2.12. The number of ether oxygens (including phenoxy) is 1. The van der Waals surface area contributed by atoms with Crippen molar-refractivity contribution in [1.29, 1.82) is 0 Å². The van der Waals surface area contributed by atoms with Crippen LogP contribution in [-0.4, -0.2) is 22.5 Å². The molecule has 3 aromatic carbocycles. The molecule has 0 N–H and O–H groups in total. The zero-order valence-corrected chi connectivity index (χ0v) is 21.5. The van der Waals surface area contributed by atoms with Crippen LogP contribution in [0, 0.1) is 13.8 Å². The molecule has 0 saturated heterocycles. The van der Waals surface area contributed by atoms with Gasteiger partial charge in [-0.3, -0.25) is 0 Å². The number of benzene rings is 3. The lowest BCUT2D eigenvalue weighted by Crippen LogP contribution is -2.12. The minimum absolute atomic E-state index is 0.176. The molecule has 188 valence electrons. The third kappa shape index (κ3) is 4.05. The predicted molar refractivity (Wildman–Crippen MR) is 146 cm³/mol. The van der Waals surface area contributed by atoms with Crippen LogP contribution in [-0.2, 0) is 10.0 Å². The van der Waals surface area contributed by atoms with Crippen LogP contribution in [0.3, 0.4) is 0 Å². The maximum Gasteiger partial charge on any atom is 0.269 e. The van der Waals surface area contributed by atoms with Gasteiger partial charge in [-0.1, -0.05) is 59.8 Å². The van der Waals surface area contributed by atoms with Crippen LogP contribution in [0.25, 0.3) is 33.3 Å². The molecule has 0 fully saturated rings. The summed E-state index contributed by atoms with van der Waals surface area (Å²) in [6.45, 7) is 3.64. The van der Waals surface area contributed by atoms with Crippen molar-refractivity contribution >= 4 is 21.1 Å². The van der Waals surface area contributed by atoms with Gasteiger partial charge in [-0.15, -0.1) is 0 Å². The second-order valence-corrected chi connectivity index (χ2v) is 10.7. The topological polar surface area (TPSA) is 87.2 Å². The molecule has 0 aliphatic rings. The van der Waals surface area contributed by atoms with Gasteiger partial charge >= 0.3 is 0 Å². The Morgan fingerprint density at radius 2 is 1.53 bits per heavy atom. The van der Waals surface area contributed by atoms with Gasteiger partial charge < -0.3 is 9.26 Å². The van der Waals surface area contributed by atoms with Crippen molar-refractivity contribution in [2.75, 3.05) is 0 Å². The van der Waals surface area contributed by atoms with E-state index in [0.29, 0.717) is 39.6 Å². The highest BCUT2D eigenvalue weighted by molar-refractivity contribution is 7.90. The third-order valence-corrected chi connectivity index (χ3v) is 8.05. The van der Waals surface area contributed by atoms with Crippen LogP contribution in [0.15, 0.2) is 113 Å². The van der Waals surface area contributed by atoms with Crippen LogP contribution in [0.5, 0.6) is 11.5 Å². The molecule has 3 aromatic heterocycles.